The molecule has 0 bridgehead atoms. The van der Waals surface area contributed by atoms with Crippen molar-refractivity contribution >= 4 is 50.6 Å². The summed E-state index contributed by atoms with van der Waals surface area (Å²) in [6.07, 6.45) is 8.35. The zero-order valence-electron chi connectivity index (χ0n) is 22.9. The number of nitrogens with zero attached hydrogens (tertiary/aromatic N) is 3. The summed E-state index contributed by atoms with van der Waals surface area (Å²) < 4.78 is 19.7. The van der Waals surface area contributed by atoms with Gasteiger partial charge in [0.05, 0.1) is 18.3 Å². The summed E-state index contributed by atoms with van der Waals surface area (Å²) in [5.41, 5.74) is 1.35. The summed E-state index contributed by atoms with van der Waals surface area (Å²) in [6, 6.07) is 1.97. The van der Waals surface area contributed by atoms with Crippen LogP contribution < -0.4 is 5.32 Å². The fraction of sp³-hybridized carbons (Fsp3) is 0.679. The molecule has 2 aliphatic heterocycles. The predicted octanol–water partition coefficient (Wildman–Crippen LogP) is 6.60. The first-order valence-electron chi connectivity index (χ1n) is 13.9. The van der Waals surface area contributed by atoms with Crippen molar-refractivity contribution in [1.82, 2.24) is 20.0 Å². The van der Waals surface area contributed by atoms with Gasteiger partial charge in [-0.05, 0) is 98.7 Å². The molecule has 11 heteroatoms. The van der Waals surface area contributed by atoms with Gasteiger partial charge in [-0.1, -0.05) is 11.6 Å². The number of carbonyl (C=O) groups is 2. The highest BCUT2D eigenvalue weighted by molar-refractivity contribution is 9.10. The van der Waals surface area contributed by atoms with E-state index in [0.717, 1.165) is 79.0 Å². The minimum Gasteiger partial charge on any atom is -0.449 e. The lowest BCUT2D eigenvalue weighted by Crippen LogP contribution is -2.58. The van der Waals surface area contributed by atoms with Gasteiger partial charge >= 0.3 is 12.2 Å². The Labute approximate surface area is 243 Å². The zero-order chi connectivity index (χ0) is 27.8. The number of benzene rings is 1. The minimum absolute atomic E-state index is 0.0496. The molecule has 1 aliphatic carbocycles. The second-order valence-electron chi connectivity index (χ2n) is 12.1. The first-order chi connectivity index (χ1) is 18.5. The quantitative estimate of drug-likeness (QED) is 0.402. The van der Waals surface area contributed by atoms with Gasteiger partial charge in [-0.15, -0.1) is 0 Å². The molecule has 3 heterocycles. The van der Waals surface area contributed by atoms with Crippen LogP contribution in [0, 0.1) is 5.41 Å². The number of nitrogens with one attached hydrogen (secondary N) is 1. The van der Waals surface area contributed by atoms with Crippen LogP contribution in [0.4, 0.5) is 9.59 Å². The SMILES string of the molecule is CC(C)(C)OC(=O)N1CCCC2(CC(NC(=O)OCCc3c(Cl)cc4c(cnn4C4CCCCO4)c3Br)C2)C1. The lowest BCUT2D eigenvalue weighted by molar-refractivity contribution is -0.0366. The van der Waals surface area contributed by atoms with Crippen molar-refractivity contribution in [3.05, 3.63) is 27.3 Å². The molecule has 1 atom stereocenters. The van der Waals surface area contributed by atoms with Crippen molar-refractivity contribution < 1.29 is 23.8 Å². The molecule has 1 N–H and O–H groups in total. The third-order valence-corrected chi connectivity index (χ3v) is 9.14. The van der Waals surface area contributed by atoms with Crippen molar-refractivity contribution in [3.63, 3.8) is 0 Å². The molecule has 0 radical (unpaired) electrons. The monoisotopic (exact) mass is 624 g/mol. The molecule has 1 aromatic carbocycles. The molecule has 3 aliphatic rings. The molecule has 3 fully saturated rings. The summed E-state index contributed by atoms with van der Waals surface area (Å²) in [5.74, 6) is 0. The molecule has 1 spiro atoms. The number of rotatable bonds is 5. The van der Waals surface area contributed by atoms with Gasteiger partial charge in [-0.3, -0.25) is 0 Å². The largest absolute Gasteiger partial charge is 0.449 e. The molecular formula is C28H38BrClN4O5. The van der Waals surface area contributed by atoms with Crippen LogP contribution in [0.25, 0.3) is 10.9 Å². The van der Waals surface area contributed by atoms with Crippen molar-refractivity contribution in [2.24, 2.45) is 5.41 Å². The van der Waals surface area contributed by atoms with E-state index in [2.05, 4.69) is 26.3 Å². The molecule has 2 aromatic rings. The number of halogens is 2. The number of hydrogen-bond acceptors (Lipinski definition) is 6. The molecule has 214 valence electrons. The normalized spacial score (nSPS) is 25.4. The highest BCUT2D eigenvalue weighted by atomic mass is 79.9. The average Bonchev–Trinajstić information content (AvgIpc) is 3.28. The highest BCUT2D eigenvalue weighted by Gasteiger charge is 2.48. The number of aromatic nitrogens is 2. The van der Waals surface area contributed by atoms with Crippen LogP contribution in [0.5, 0.6) is 0 Å². The van der Waals surface area contributed by atoms with Gasteiger partial charge in [0.1, 0.15) is 5.60 Å². The maximum Gasteiger partial charge on any atom is 0.410 e. The maximum absolute atomic E-state index is 12.5. The lowest BCUT2D eigenvalue weighted by Gasteiger charge is -2.52. The van der Waals surface area contributed by atoms with E-state index in [-0.39, 0.29) is 30.4 Å². The number of ether oxygens (including phenoxy) is 3. The third-order valence-electron chi connectivity index (χ3n) is 7.89. The zero-order valence-corrected chi connectivity index (χ0v) is 25.3. The standard InChI is InChI=1S/C28H38BrClN4O5/c1-27(2,3)39-26(36)33-10-6-9-28(17-33)14-18(15-28)32-25(35)38-12-8-19-21(30)13-22-20(24(19)29)16-31-34(22)23-7-4-5-11-37-23/h13,16,18,23H,4-12,14-15,17H2,1-3H3,(H,32,35). The Morgan fingerprint density at radius 2 is 2.08 bits per heavy atom. The van der Waals surface area contributed by atoms with Crippen LogP contribution >= 0.6 is 27.5 Å². The van der Waals surface area contributed by atoms with Gasteiger partial charge in [0.15, 0.2) is 6.23 Å². The number of likely N-dealkylation sites (tertiary alicyclic amines) is 1. The first kappa shape index (κ1) is 28.5. The number of carbonyl (C=O) groups excluding carboxylic acids is 2. The topological polar surface area (TPSA) is 94.9 Å². The fourth-order valence-electron chi connectivity index (χ4n) is 6.10. The average molecular weight is 626 g/mol. The van der Waals surface area contributed by atoms with E-state index in [1.165, 1.54) is 0 Å². The van der Waals surface area contributed by atoms with Crippen LogP contribution in [0.3, 0.4) is 0 Å². The Morgan fingerprint density at radius 3 is 2.79 bits per heavy atom. The number of alkyl carbamates (subject to hydrolysis) is 1. The molecule has 2 saturated heterocycles. The Morgan fingerprint density at radius 1 is 1.28 bits per heavy atom. The molecule has 2 amide bonds. The number of amides is 2. The van der Waals surface area contributed by atoms with Crippen LogP contribution in [-0.4, -0.2) is 64.8 Å². The third kappa shape index (κ3) is 6.49. The maximum atomic E-state index is 12.5. The Balaban J connectivity index is 1.10. The smallest absolute Gasteiger partial charge is 0.410 e. The van der Waals surface area contributed by atoms with Crippen LogP contribution in [0.2, 0.25) is 5.02 Å². The Hall–Kier alpha value is -2.04. The van der Waals surface area contributed by atoms with Gasteiger partial charge in [0.2, 0.25) is 0 Å². The number of piperidine rings is 1. The van der Waals surface area contributed by atoms with E-state index in [4.69, 9.17) is 25.8 Å². The van der Waals surface area contributed by atoms with Gasteiger partial charge in [0.25, 0.3) is 0 Å². The molecular weight excluding hydrogens is 588 g/mol. The predicted molar refractivity (Wildman–Crippen MR) is 152 cm³/mol. The summed E-state index contributed by atoms with van der Waals surface area (Å²) in [4.78, 5) is 26.8. The van der Waals surface area contributed by atoms with E-state index in [1.807, 2.05) is 42.6 Å². The van der Waals surface area contributed by atoms with E-state index >= 15 is 0 Å². The molecule has 1 saturated carbocycles. The van der Waals surface area contributed by atoms with Crippen molar-refractivity contribution in [1.29, 1.82) is 0 Å². The van der Waals surface area contributed by atoms with E-state index in [0.29, 0.717) is 18.0 Å². The molecule has 1 aromatic heterocycles. The molecule has 9 nitrogen and oxygen atoms in total. The van der Waals surface area contributed by atoms with Crippen molar-refractivity contribution in [2.75, 3.05) is 26.3 Å². The molecule has 1 unspecified atom stereocenters. The first-order valence-corrected chi connectivity index (χ1v) is 15.1. The van der Waals surface area contributed by atoms with Crippen LogP contribution in [0.1, 0.15) is 77.5 Å². The minimum atomic E-state index is -0.507. The van der Waals surface area contributed by atoms with Gasteiger partial charge in [-0.2, -0.15) is 5.10 Å². The summed E-state index contributed by atoms with van der Waals surface area (Å²) >= 11 is 10.4. The summed E-state index contributed by atoms with van der Waals surface area (Å²) in [6.45, 7) is 7.98. The van der Waals surface area contributed by atoms with E-state index in [9.17, 15) is 9.59 Å². The van der Waals surface area contributed by atoms with E-state index < -0.39 is 11.7 Å². The second kappa shape index (κ2) is 11.4. The van der Waals surface area contributed by atoms with E-state index in [1.54, 1.807) is 0 Å². The fourth-order valence-corrected chi connectivity index (χ4v) is 7.22. The lowest BCUT2D eigenvalue weighted by atomic mass is 9.61. The summed E-state index contributed by atoms with van der Waals surface area (Å²) in [7, 11) is 0. The number of hydrogen-bond donors (Lipinski definition) is 1. The van der Waals surface area contributed by atoms with Crippen molar-refractivity contribution in [2.45, 2.75) is 90.0 Å². The Bertz CT molecular complexity index is 1220. The number of fused-ring (bicyclic) bond motifs is 1. The Kier molecular flexibility index (Phi) is 8.36. The molecule has 39 heavy (non-hydrogen) atoms. The van der Waals surface area contributed by atoms with Crippen LogP contribution in [0.15, 0.2) is 16.7 Å². The van der Waals surface area contributed by atoms with Crippen molar-refractivity contribution in [3.8, 4) is 0 Å². The van der Waals surface area contributed by atoms with Gasteiger partial charge in [0, 0.05) is 47.0 Å². The highest BCUT2D eigenvalue weighted by Crippen LogP contribution is 2.48. The van der Waals surface area contributed by atoms with Gasteiger partial charge < -0.3 is 24.4 Å². The van der Waals surface area contributed by atoms with Gasteiger partial charge in [-0.25, -0.2) is 14.3 Å². The second-order valence-corrected chi connectivity index (χ2v) is 13.3. The van der Waals surface area contributed by atoms with Crippen LogP contribution in [-0.2, 0) is 20.6 Å². The summed E-state index contributed by atoms with van der Waals surface area (Å²) in [5, 5.41) is 9.11. The molecule has 5 rings (SSSR count).